The number of hydrogen-bond acceptors (Lipinski definition) is 1. The van der Waals surface area contributed by atoms with Crippen molar-refractivity contribution in [3.05, 3.63) is 170 Å². The molecule has 0 N–H and O–H groups in total. The number of benzene rings is 8. The van der Waals surface area contributed by atoms with Gasteiger partial charge in [-0.3, -0.25) is 4.57 Å². The molecule has 0 amide bonds. The maximum atomic E-state index is 5.22. The first kappa shape index (κ1) is 28.3. The lowest BCUT2D eigenvalue weighted by atomic mass is 9.85. The molecule has 9 rings (SSSR count). The SMILES string of the molecule is CC(C)c1nc2cc(-c3c4ccccc4c(-c4ccc(-c5cccc6ccccc56)cc4)c4ccccc34)ccc2n1-c1ccccc1. The number of rotatable bonds is 5. The summed E-state index contributed by atoms with van der Waals surface area (Å²) in [6.45, 7) is 4.44. The highest BCUT2D eigenvalue weighted by molar-refractivity contribution is 6.21. The number of aromatic nitrogens is 2. The molecule has 2 nitrogen and oxygen atoms in total. The number of imidazole rings is 1. The van der Waals surface area contributed by atoms with E-state index in [1.165, 1.54) is 65.7 Å². The van der Waals surface area contributed by atoms with Crippen molar-refractivity contribution < 1.29 is 0 Å². The lowest BCUT2D eigenvalue weighted by Crippen LogP contribution is -2.02. The van der Waals surface area contributed by atoms with Gasteiger partial charge in [0, 0.05) is 11.6 Å². The second-order valence-electron chi connectivity index (χ2n) is 12.9. The smallest absolute Gasteiger partial charge is 0.117 e. The summed E-state index contributed by atoms with van der Waals surface area (Å²) in [5, 5.41) is 7.53. The van der Waals surface area contributed by atoms with Crippen LogP contribution in [-0.2, 0) is 0 Å². The Morgan fingerprint density at radius 1 is 0.458 bits per heavy atom. The average molecular weight is 615 g/mol. The van der Waals surface area contributed by atoms with Crippen molar-refractivity contribution >= 4 is 43.4 Å². The van der Waals surface area contributed by atoms with Crippen molar-refractivity contribution in [1.82, 2.24) is 9.55 Å². The molecule has 228 valence electrons. The zero-order valence-corrected chi connectivity index (χ0v) is 27.1. The highest BCUT2D eigenvalue weighted by Crippen LogP contribution is 2.44. The minimum absolute atomic E-state index is 0.286. The van der Waals surface area contributed by atoms with Crippen LogP contribution in [0.2, 0.25) is 0 Å². The summed E-state index contributed by atoms with van der Waals surface area (Å²) >= 11 is 0. The molecule has 0 aliphatic carbocycles. The first-order valence-electron chi connectivity index (χ1n) is 16.8. The Morgan fingerprint density at radius 2 is 0.979 bits per heavy atom. The summed E-state index contributed by atoms with van der Waals surface area (Å²) in [6.07, 6.45) is 0. The molecule has 8 aromatic carbocycles. The lowest BCUT2D eigenvalue weighted by Gasteiger charge is -2.18. The summed E-state index contributed by atoms with van der Waals surface area (Å²) in [6, 6.07) is 59.5. The van der Waals surface area contributed by atoms with Gasteiger partial charge < -0.3 is 0 Å². The topological polar surface area (TPSA) is 17.8 Å². The Kier molecular flexibility index (Phi) is 6.69. The van der Waals surface area contributed by atoms with Crippen molar-refractivity contribution in [3.8, 4) is 39.1 Å². The molecule has 0 saturated carbocycles. The van der Waals surface area contributed by atoms with Crippen molar-refractivity contribution in [2.45, 2.75) is 19.8 Å². The van der Waals surface area contributed by atoms with E-state index >= 15 is 0 Å². The Morgan fingerprint density at radius 3 is 1.62 bits per heavy atom. The predicted molar refractivity (Wildman–Crippen MR) is 204 cm³/mol. The molecule has 1 aromatic heterocycles. The highest BCUT2D eigenvalue weighted by Gasteiger charge is 2.20. The van der Waals surface area contributed by atoms with Crippen LogP contribution < -0.4 is 0 Å². The fourth-order valence-electron chi connectivity index (χ4n) is 7.53. The van der Waals surface area contributed by atoms with E-state index in [1.807, 2.05) is 0 Å². The fraction of sp³-hybridized carbons (Fsp3) is 0.0652. The molecule has 0 spiro atoms. The normalized spacial score (nSPS) is 11.7. The molecule has 1 heterocycles. The third kappa shape index (κ3) is 4.52. The molecule has 0 bridgehead atoms. The van der Waals surface area contributed by atoms with E-state index in [0.717, 1.165) is 22.5 Å². The van der Waals surface area contributed by atoms with Gasteiger partial charge in [0.1, 0.15) is 5.82 Å². The van der Waals surface area contributed by atoms with Crippen molar-refractivity contribution in [3.63, 3.8) is 0 Å². The number of fused-ring (bicyclic) bond motifs is 4. The van der Waals surface area contributed by atoms with Gasteiger partial charge in [-0.15, -0.1) is 0 Å². The van der Waals surface area contributed by atoms with E-state index in [4.69, 9.17) is 4.98 Å². The first-order valence-corrected chi connectivity index (χ1v) is 16.8. The quantitative estimate of drug-likeness (QED) is 0.176. The number of para-hydroxylation sites is 1. The van der Waals surface area contributed by atoms with Crippen molar-refractivity contribution in [1.29, 1.82) is 0 Å². The van der Waals surface area contributed by atoms with Gasteiger partial charge >= 0.3 is 0 Å². The van der Waals surface area contributed by atoms with Crippen LogP contribution in [0.4, 0.5) is 0 Å². The van der Waals surface area contributed by atoms with Crippen LogP contribution in [0.25, 0.3) is 82.4 Å². The maximum Gasteiger partial charge on any atom is 0.117 e. The molecule has 48 heavy (non-hydrogen) atoms. The van der Waals surface area contributed by atoms with E-state index in [9.17, 15) is 0 Å². The maximum absolute atomic E-state index is 5.22. The lowest BCUT2D eigenvalue weighted by molar-refractivity contribution is 0.760. The Hall–Kier alpha value is -5.99. The van der Waals surface area contributed by atoms with E-state index in [1.54, 1.807) is 0 Å². The second-order valence-corrected chi connectivity index (χ2v) is 12.9. The molecule has 0 aliphatic heterocycles. The molecule has 0 aliphatic rings. The van der Waals surface area contributed by atoms with Crippen LogP contribution in [0.1, 0.15) is 25.6 Å². The summed E-state index contributed by atoms with van der Waals surface area (Å²) < 4.78 is 2.31. The zero-order chi connectivity index (χ0) is 32.2. The molecule has 0 radical (unpaired) electrons. The predicted octanol–water partition coefficient (Wildman–Crippen LogP) is 12.6. The van der Waals surface area contributed by atoms with E-state index in [-0.39, 0.29) is 5.92 Å². The molecule has 0 fully saturated rings. The van der Waals surface area contributed by atoms with Crippen LogP contribution in [0, 0.1) is 0 Å². The van der Waals surface area contributed by atoms with Gasteiger partial charge in [0.25, 0.3) is 0 Å². The number of nitrogens with zero attached hydrogens (tertiary/aromatic N) is 2. The summed E-state index contributed by atoms with van der Waals surface area (Å²) in [5.41, 5.74) is 10.7. The minimum Gasteiger partial charge on any atom is -0.296 e. The van der Waals surface area contributed by atoms with Gasteiger partial charge in [-0.05, 0) is 90.0 Å². The van der Waals surface area contributed by atoms with Gasteiger partial charge in [-0.1, -0.05) is 153 Å². The summed E-state index contributed by atoms with van der Waals surface area (Å²) in [4.78, 5) is 5.22. The Labute approximate surface area is 280 Å². The van der Waals surface area contributed by atoms with Gasteiger partial charge in [0.2, 0.25) is 0 Å². The molecule has 0 unspecified atom stereocenters. The molecule has 2 heteroatoms. The fourth-order valence-corrected chi connectivity index (χ4v) is 7.53. The average Bonchev–Trinajstić information content (AvgIpc) is 3.53. The van der Waals surface area contributed by atoms with Crippen molar-refractivity contribution in [2.75, 3.05) is 0 Å². The van der Waals surface area contributed by atoms with E-state index in [0.29, 0.717) is 0 Å². The molecule has 0 saturated heterocycles. The van der Waals surface area contributed by atoms with Crippen LogP contribution in [0.3, 0.4) is 0 Å². The monoisotopic (exact) mass is 614 g/mol. The molecule has 9 aromatic rings. The van der Waals surface area contributed by atoms with Crippen LogP contribution in [0.15, 0.2) is 164 Å². The first-order chi connectivity index (χ1) is 23.7. The minimum atomic E-state index is 0.286. The molecule has 0 atom stereocenters. The highest BCUT2D eigenvalue weighted by atomic mass is 15.1. The largest absolute Gasteiger partial charge is 0.296 e. The van der Waals surface area contributed by atoms with Gasteiger partial charge in [-0.2, -0.15) is 0 Å². The van der Waals surface area contributed by atoms with E-state index < -0.39 is 0 Å². The Balaban J connectivity index is 1.24. The van der Waals surface area contributed by atoms with Crippen molar-refractivity contribution in [2.24, 2.45) is 0 Å². The van der Waals surface area contributed by atoms with Gasteiger partial charge in [-0.25, -0.2) is 4.98 Å². The summed E-state index contributed by atoms with van der Waals surface area (Å²) in [5.74, 6) is 1.36. The third-order valence-corrected chi connectivity index (χ3v) is 9.71. The molecular weight excluding hydrogens is 581 g/mol. The third-order valence-electron chi connectivity index (χ3n) is 9.71. The van der Waals surface area contributed by atoms with Crippen LogP contribution in [-0.4, -0.2) is 9.55 Å². The summed E-state index contributed by atoms with van der Waals surface area (Å²) in [7, 11) is 0. The standard InChI is InChI=1S/C46H34N2/c1-30(2)46-47-42-29-34(27-28-43(42)48(46)35-15-4-3-5-16-35)45-40-20-10-8-18-38(40)44(39-19-9-11-21-41(39)45)33-25-23-32(24-26-33)37-22-12-14-31-13-6-7-17-36(31)37/h3-30H,1-2H3. The number of hydrogen-bond donors (Lipinski definition) is 0. The van der Waals surface area contributed by atoms with Crippen LogP contribution in [0.5, 0.6) is 0 Å². The van der Waals surface area contributed by atoms with Gasteiger partial charge in [0.15, 0.2) is 0 Å². The van der Waals surface area contributed by atoms with E-state index in [2.05, 4.69) is 182 Å². The Bertz CT molecular complexity index is 2560. The van der Waals surface area contributed by atoms with Crippen LogP contribution >= 0.6 is 0 Å². The molecular formula is C46H34N2. The zero-order valence-electron chi connectivity index (χ0n) is 27.1. The second kappa shape index (κ2) is 11.4. The van der Waals surface area contributed by atoms with Gasteiger partial charge in [0.05, 0.1) is 11.0 Å².